The Kier molecular flexibility index (Phi) is 4.20. The molecule has 0 spiro atoms. The minimum atomic E-state index is 0.241. The van der Waals surface area contributed by atoms with Crippen LogP contribution < -0.4 is 0 Å². The van der Waals surface area contributed by atoms with Crippen LogP contribution in [-0.2, 0) is 0 Å². The van der Waals surface area contributed by atoms with E-state index in [1.807, 2.05) is 12.1 Å². The lowest BCUT2D eigenvalue weighted by molar-refractivity contribution is 1.03. The highest BCUT2D eigenvalue weighted by Gasteiger charge is 2.10. The van der Waals surface area contributed by atoms with Gasteiger partial charge < -0.3 is 0 Å². The number of aryl methyl sites for hydroxylation is 1. The highest BCUT2D eigenvalue weighted by atomic mass is 14.1. The summed E-state index contributed by atoms with van der Waals surface area (Å²) < 4.78 is 0. The monoisotopic (exact) mass is 284 g/mol. The summed E-state index contributed by atoms with van der Waals surface area (Å²) in [5.41, 5.74) is 6.34. The second kappa shape index (κ2) is 6.44. The van der Waals surface area contributed by atoms with Gasteiger partial charge in [-0.1, -0.05) is 90.5 Å². The van der Waals surface area contributed by atoms with Gasteiger partial charge in [0.05, 0.1) is 0 Å². The maximum absolute atomic E-state index is 4.02. The van der Waals surface area contributed by atoms with Crippen LogP contribution in [0.3, 0.4) is 0 Å². The zero-order valence-corrected chi connectivity index (χ0v) is 12.9. The molecule has 0 nitrogen and oxygen atoms in total. The molecule has 1 atom stereocenters. The first-order valence-electron chi connectivity index (χ1n) is 7.62. The molecule has 0 aliphatic carbocycles. The summed E-state index contributed by atoms with van der Waals surface area (Å²) in [5.74, 6) is 0.241. The molecule has 0 aliphatic heterocycles. The molecule has 3 rings (SSSR count). The topological polar surface area (TPSA) is 0 Å². The van der Waals surface area contributed by atoms with Gasteiger partial charge in [0.15, 0.2) is 0 Å². The van der Waals surface area contributed by atoms with Crippen LogP contribution in [0.5, 0.6) is 0 Å². The Hall–Kier alpha value is -2.60. The van der Waals surface area contributed by atoms with Gasteiger partial charge in [-0.25, -0.2) is 0 Å². The standard InChI is InChI=1S/C22H20/c1-3-22(20-11-9-17(2)10-12-20)21-15-13-19(14-16-21)18-7-5-4-6-8-18/h3-16,22H,1H2,2H3. The van der Waals surface area contributed by atoms with Crippen molar-refractivity contribution >= 4 is 0 Å². The molecule has 0 radical (unpaired) electrons. The molecular formula is C22H20. The molecule has 0 fully saturated rings. The van der Waals surface area contributed by atoms with Crippen molar-refractivity contribution in [2.24, 2.45) is 0 Å². The second-order valence-corrected chi connectivity index (χ2v) is 5.61. The zero-order chi connectivity index (χ0) is 15.4. The van der Waals surface area contributed by atoms with Crippen molar-refractivity contribution in [2.45, 2.75) is 12.8 Å². The molecule has 0 saturated carbocycles. The quantitative estimate of drug-likeness (QED) is 0.517. The van der Waals surface area contributed by atoms with E-state index in [4.69, 9.17) is 0 Å². The summed E-state index contributed by atoms with van der Waals surface area (Å²) in [5, 5.41) is 0. The van der Waals surface area contributed by atoms with Crippen LogP contribution in [0.1, 0.15) is 22.6 Å². The fourth-order valence-electron chi connectivity index (χ4n) is 2.75. The molecule has 0 aromatic heterocycles. The van der Waals surface area contributed by atoms with E-state index in [2.05, 4.69) is 86.3 Å². The number of rotatable bonds is 4. The molecule has 108 valence electrons. The number of hydrogen-bond acceptors (Lipinski definition) is 0. The van der Waals surface area contributed by atoms with Crippen molar-refractivity contribution in [3.05, 3.63) is 108 Å². The third-order valence-corrected chi connectivity index (χ3v) is 4.05. The summed E-state index contributed by atoms with van der Waals surface area (Å²) >= 11 is 0. The fraction of sp³-hybridized carbons (Fsp3) is 0.0909. The van der Waals surface area contributed by atoms with Gasteiger partial charge in [-0.15, -0.1) is 6.58 Å². The third-order valence-electron chi connectivity index (χ3n) is 4.05. The summed E-state index contributed by atoms with van der Waals surface area (Å²) in [6, 6.07) is 27.9. The summed E-state index contributed by atoms with van der Waals surface area (Å²) in [6.07, 6.45) is 2.02. The molecular weight excluding hydrogens is 264 g/mol. The Morgan fingerprint density at radius 2 is 1.18 bits per heavy atom. The van der Waals surface area contributed by atoms with Gasteiger partial charge in [0.2, 0.25) is 0 Å². The average Bonchev–Trinajstić information content (AvgIpc) is 2.59. The number of benzene rings is 3. The first-order chi connectivity index (χ1) is 10.8. The average molecular weight is 284 g/mol. The van der Waals surface area contributed by atoms with Gasteiger partial charge in [0.25, 0.3) is 0 Å². The molecule has 0 aliphatic rings. The van der Waals surface area contributed by atoms with Gasteiger partial charge in [-0.2, -0.15) is 0 Å². The van der Waals surface area contributed by atoms with Gasteiger partial charge in [-0.3, -0.25) is 0 Å². The minimum Gasteiger partial charge on any atom is -0.102 e. The van der Waals surface area contributed by atoms with Gasteiger partial charge in [0.1, 0.15) is 0 Å². The van der Waals surface area contributed by atoms with E-state index in [-0.39, 0.29) is 5.92 Å². The first-order valence-corrected chi connectivity index (χ1v) is 7.62. The van der Waals surface area contributed by atoms with Gasteiger partial charge in [0, 0.05) is 5.92 Å². The van der Waals surface area contributed by atoms with Crippen LogP contribution in [-0.4, -0.2) is 0 Å². The fourth-order valence-corrected chi connectivity index (χ4v) is 2.75. The van der Waals surface area contributed by atoms with E-state index < -0.39 is 0 Å². The summed E-state index contributed by atoms with van der Waals surface area (Å²) in [4.78, 5) is 0. The van der Waals surface area contributed by atoms with Crippen molar-refractivity contribution in [3.8, 4) is 11.1 Å². The van der Waals surface area contributed by atoms with E-state index in [1.54, 1.807) is 0 Å². The molecule has 3 aromatic rings. The third kappa shape index (κ3) is 3.01. The minimum absolute atomic E-state index is 0.241. The SMILES string of the molecule is C=CC(c1ccc(C)cc1)c1ccc(-c2ccccc2)cc1. The zero-order valence-electron chi connectivity index (χ0n) is 12.9. The molecule has 3 aromatic carbocycles. The Morgan fingerprint density at radius 1 is 0.682 bits per heavy atom. The van der Waals surface area contributed by atoms with Gasteiger partial charge >= 0.3 is 0 Å². The maximum atomic E-state index is 4.02. The smallest absolute Gasteiger partial charge is 0.0266 e. The Labute approximate surface area is 132 Å². The lowest BCUT2D eigenvalue weighted by Crippen LogP contribution is -1.97. The molecule has 0 amide bonds. The van der Waals surface area contributed by atoms with Crippen LogP contribution in [0.25, 0.3) is 11.1 Å². The number of allylic oxidation sites excluding steroid dienone is 1. The maximum Gasteiger partial charge on any atom is 0.0266 e. The molecule has 0 heteroatoms. The largest absolute Gasteiger partial charge is 0.102 e. The summed E-state index contributed by atoms with van der Waals surface area (Å²) in [7, 11) is 0. The Morgan fingerprint density at radius 3 is 1.73 bits per heavy atom. The lowest BCUT2D eigenvalue weighted by Gasteiger charge is -2.14. The van der Waals surface area contributed by atoms with Crippen LogP contribution in [0.2, 0.25) is 0 Å². The number of hydrogen-bond donors (Lipinski definition) is 0. The predicted molar refractivity (Wildman–Crippen MR) is 95.1 cm³/mol. The lowest BCUT2D eigenvalue weighted by atomic mass is 9.90. The van der Waals surface area contributed by atoms with Crippen LogP contribution >= 0.6 is 0 Å². The van der Waals surface area contributed by atoms with E-state index in [0.717, 1.165) is 0 Å². The molecule has 0 saturated heterocycles. The predicted octanol–water partition coefficient (Wildman–Crippen LogP) is 5.98. The highest BCUT2D eigenvalue weighted by molar-refractivity contribution is 5.63. The van der Waals surface area contributed by atoms with Crippen molar-refractivity contribution < 1.29 is 0 Å². The van der Waals surface area contributed by atoms with Crippen LogP contribution in [0.15, 0.2) is 91.5 Å². The van der Waals surface area contributed by atoms with E-state index in [9.17, 15) is 0 Å². The van der Waals surface area contributed by atoms with E-state index >= 15 is 0 Å². The highest BCUT2D eigenvalue weighted by Crippen LogP contribution is 2.28. The van der Waals surface area contributed by atoms with Crippen molar-refractivity contribution in [1.29, 1.82) is 0 Å². The van der Waals surface area contributed by atoms with Crippen molar-refractivity contribution in [1.82, 2.24) is 0 Å². The Balaban J connectivity index is 1.90. The first kappa shape index (κ1) is 14.3. The molecule has 0 heterocycles. The summed E-state index contributed by atoms with van der Waals surface area (Å²) in [6.45, 7) is 6.13. The van der Waals surface area contributed by atoms with Crippen LogP contribution in [0.4, 0.5) is 0 Å². The normalized spacial score (nSPS) is 11.9. The molecule has 1 unspecified atom stereocenters. The molecule has 22 heavy (non-hydrogen) atoms. The van der Waals surface area contributed by atoms with Crippen LogP contribution in [0, 0.1) is 6.92 Å². The Bertz CT molecular complexity index is 734. The van der Waals surface area contributed by atoms with E-state index in [0.29, 0.717) is 0 Å². The molecule has 0 N–H and O–H groups in total. The van der Waals surface area contributed by atoms with Crippen molar-refractivity contribution in [3.63, 3.8) is 0 Å². The molecule has 0 bridgehead atoms. The van der Waals surface area contributed by atoms with Crippen molar-refractivity contribution in [2.75, 3.05) is 0 Å². The van der Waals surface area contributed by atoms with Gasteiger partial charge in [-0.05, 0) is 29.2 Å². The van der Waals surface area contributed by atoms with E-state index in [1.165, 1.54) is 27.8 Å². The second-order valence-electron chi connectivity index (χ2n) is 5.61.